The number of aryl methyl sites for hydroxylation is 1. The number of hydrogen-bond donors (Lipinski definition) is 1. The molecule has 1 N–H and O–H groups in total. The number of ether oxygens (including phenoxy) is 1. The van der Waals surface area contributed by atoms with Gasteiger partial charge in [0.05, 0.1) is 6.04 Å². The molecule has 0 unspecified atom stereocenters. The van der Waals surface area contributed by atoms with Gasteiger partial charge in [0, 0.05) is 58.3 Å². The molecule has 1 atom stereocenters. The lowest BCUT2D eigenvalue weighted by atomic mass is 9.88. The van der Waals surface area contributed by atoms with Crippen molar-refractivity contribution in [3.8, 4) is 0 Å². The molecule has 4 nitrogen and oxygen atoms in total. The van der Waals surface area contributed by atoms with Gasteiger partial charge in [0.1, 0.15) is 0 Å². The van der Waals surface area contributed by atoms with Crippen molar-refractivity contribution < 1.29 is 4.74 Å². The number of aromatic nitrogens is 1. The first-order valence-corrected chi connectivity index (χ1v) is 7.50. The van der Waals surface area contributed by atoms with Crippen LogP contribution in [0.2, 0.25) is 0 Å². The average Bonchev–Trinajstić information content (AvgIpc) is 2.88. The molecule has 3 heterocycles. The lowest BCUT2D eigenvalue weighted by molar-refractivity contribution is 0.0193. The predicted octanol–water partition coefficient (Wildman–Crippen LogP) is 2.24. The summed E-state index contributed by atoms with van der Waals surface area (Å²) in [6, 6.07) is 5.03. The lowest BCUT2D eigenvalue weighted by Crippen LogP contribution is -2.48. The van der Waals surface area contributed by atoms with Crippen LogP contribution in [0.4, 0.5) is 0 Å². The van der Waals surface area contributed by atoms with E-state index in [9.17, 15) is 0 Å². The molecule has 0 aromatic carbocycles. The Bertz CT molecular complexity index is 383. The highest BCUT2D eigenvalue weighted by Crippen LogP contribution is 2.35. The molecule has 1 aromatic rings. The molecule has 0 amide bonds. The molecule has 21 heavy (non-hydrogen) atoms. The van der Waals surface area contributed by atoms with Crippen LogP contribution in [0.1, 0.15) is 24.6 Å². The first-order chi connectivity index (χ1) is 9.36. The van der Waals surface area contributed by atoms with Crippen LogP contribution in [0.3, 0.4) is 0 Å². The van der Waals surface area contributed by atoms with Gasteiger partial charge in [-0.3, -0.25) is 4.90 Å². The van der Waals surface area contributed by atoms with Gasteiger partial charge in [-0.1, -0.05) is 0 Å². The zero-order chi connectivity index (χ0) is 13.1. The molecule has 0 aliphatic carbocycles. The van der Waals surface area contributed by atoms with Gasteiger partial charge in [0.15, 0.2) is 0 Å². The Labute approximate surface area is 140 Å². The monoisotopic (exact) mass is 335 g/mol. The molecule has 2 aliphatic rings. The van der Waals surface area contributed by atoms with Gasteiger partial charge in [0.2, 0.25) is 0 Å². The smallest absolute Gasteiger partial charge is 0.0531 e. The Morgan fingerprint density at radius 1 is 1.19 bits per heavy atom. The van der Waals surface area contributed by atoms with Crippen molar-refractivity contribution in [3.05, 3.63) is 24.0 Å². The van der Waals surface area contributed by atoms with E-state index in [1.54, 1.807) is 0 Å². The third-order valence-electron chi connectivity index (χ3n) is 4.54. The molecule has 0 bridgehead atoms. The normalized spacial score (nSPS) is 22.1. The highest BCUT2D eigenvalue weighted by atomic mass is 35.5. The topological polar surface area (TPSA) is 29.4 Å². The van der Waals surface area contributed by atoms with Crippen LogP contribution in [0.15, 0.2) is 18.3 Å². The summed E-state index contributed by atoms with van der Waals surface area (Å²) in [6.07, 6.45) is 4.56. The Kier molecular flexibility index (Phi) is 8.06. The fourth-order valence-electron chi connectivity index (χ4n) is 3.50. The third kappa shape index (κ3) is 4.36. The van der Waals surface area contributed by atoms with Gasteiger partial charge in [0.25, 0.3) is 0 Å². The number of piperazine rings is 1. The summed E-state index contributed by atoms with van der Waals surface area (Å²) >= 11 is 0. The van der Waals surface area contributed by atoms with E-state index in [2.05, 4.69) is 40.2 Å². The van der Waals surface area contributed by atoms with Crippen LogP contribution in [0.5, 0.6) is 0 Å². The fourth-order valence-corrected chi connectivity index (χ4v) is 3.50. The summed E-state index contributed by atoms with van der Waals surface area (Å²) < 4.78 is 7.84. The van der Waals surface area contributed by atoms with Crippen molar-refractivity contribution in [3.63, 3.8) is 0 Å². The van der Waals surface area contributed by atoms with Crippen molar-refractivity contribution in [1.29, 1.82) is 0 Å². The molecule has 2 fully saturated rings. The van der Waals surface area contributed by atoms with E-state index in [-0.39, 0.29) is 24.8 Å². The molecule has 3 rings (SSSR count). The summed E-state index contributed by atoms with van der Waals surface area (Å²) in [4.78, 5) is 2.67. The molecule has 0 spiro atoms. The Hall–Kier alpha value is -0.260. The van der Waals surface area contributed by atoms with E-state index < -0.39 is 0 Å². The van der Waals surface area contributed by atoms with Gasteiger partial charge in [-0.2, -0.15) is 0 Å². The number of nitrogens with one attached hydrogen (secondary N) is 1. The van der Waals surface area contributed by atoms with Gasteiger partial charge in [-0.15, -0.1) is 24.8 Å². The SMILES string of the molecule is Cl.Cl.Cn1cccc1[C@H](C1CCOCC1)N1CCNCC1. The Balaban J connectivity index is 0.00000110. The second kappa shape index (κ2) is 9.01. The average molecular weight is 336 g/mol. The highest BCUT2D eigenvalue weighted by Gasteiger charge is 2.32. The molecule has 6 heteroatoms. The zero-order valence-corrected chi connectivity index (χ0v) is 14.3. The van der Waals surface area contributed by atoms with Gasteiger partial charge in [-0.05, 0) is 30.9 Å². The molecule has 2 aliphatic heterocycles. The van der Waals surface area contributed by atoms with E-state index >= 15 is 0 Å². The number of hydrogen-bond acceptors (Lipinski definition) is 3. The third-order valence-corrected chi connectivity index (χ3v) is 4.54. The molecule has 2 saturated heterocycles. The first-order valence-electron chi connectivity index (χ1n) is 7.50. The van der Waals surface area contributed by atoms with Crippen molar-refractivity contribution in [2.75, 3.05) is 39.4 Å². The quantitative estimate of drug-likeness (QED) is 0.918. The summed E-state index contributed by atoms with van der Waals surface area (Å²) in [6.45, 7) is 6.41. The van der Waals surface area contributed by atoms with Crippen LogP contribution < -0.4 is 5.32 Å². The van der Waals surface area contributed by atoms with Gasteiger partial charge >= 0.3 is 0 Å². The second-order valence-electron chi connectivity index (χ2n) is 5.72. The summed E-state index contributed by atoms with van der Waals surface area (Å²) in [5, 5.41) is 3.46. The van der Waals surface area contributed by atoms with Crippen LogP contribution in [0.25, 0.3) is 0 Å². The first kappa shape index (κ1) is 18.8. The van der Waals surface area contributed by atoms with Crippen molar-refractivity contribution in [1.82, 2.24) is 14.8 Å². The minimum absolute atomic E-state index is 0. The van der Waals surface area contributed by atoms with E-state index in [4.69, 9.17) is 4.74 Å². The summed E-state index contributed by atoms with van der Waals surface area (Å²) in [7, 11) is 2.17. The zero-order valence-electron chi connectivity index (χ0n) is 12.7. The van der Waals surface area contributed by atoms with Crippen molar-refractivity contribution >= 4 is 24.8 Å². The van der Waals surface area contributed by atoms with E-state index in [1.807, 2.05) is 0 Å². The Morgan fingerprint density at radius 2 is 1.86 bits per heavy atom. The molecular formula is C15H27Cl2N3O. The molecule has 0 saturated carbocycles. The van der Waals surface area contributed by atoms with Gasteiger partial charge in [-0.25, -0.2) is 0 Å². The van der Waals surface area contributed by atoms with E-state index in [1.165, 1.54) is 18.5 Å². The van der Waals surface area contributed by atoms with E-state index in [0.717, 1.165) is 45.3 Å². The van der Waals surface area contributed by atoms with E-state index in [0.29, 0.717) is 6.04 Å². The van der Waals surface area contributed by atoms with Crippen LogP contribution in [0, 0.1) is 5.92 Å². The van der Waals surface area contributed by atoms with Crippen molar-refractivity contribution in [2.45, 2.75) is 18.9 Å². The molecular weight excluding hydrogens is 309 g/mol. The number of rotatable bonds is 3. The maximum Gasteiger partial charge on any atom is 0.0531 e. The second-order valence-corrected chi connectivity index (χ2v) is 5.72. The maximum absolute atomic E-state index is 5.55. The van der Waals surface area contributed by atoms with Crippen LogP contribution >= 0.6 is 24.8 Å². The highest BCUT2D eigenvalue weighted by molar-refractivity contribution is 5.85. The molecule has 0 radical (unpaired) electrons. The lowest BCUT2D eigenvalue weighted by Gasteiger charge is -2.41. The Morgan fingerprint density at radius 3 is 2.43 bits per heavy atom. The van der Waals surface area contributed by atoms with Gasteiger partial charge < -0.3 is 14.6 Å². The van der Waals surface area contributed by atoms with Crippen LogP contribution in [-0.2, 0) is 11.8 Å². The standard InChI is InChI=1S/C15H25N3O.2ClH/c1-17-8-2-3-14(17)15(13-4-11-19-12-5-13)18-9-6-16-7-10-18;;/h2-3,8,13,15-16H,4-7,9-12H2,1H3;2*1H/t15-;;/m0../s1. The summed E-state index contributed by atoms with van der Waals surface area (Å²) in [5.74, 6) is 0.737. The largest absolute Gasteiger partial charge is 0.381 e. The summed E-state index contributed by atoms with van der Waals surface area (Å²) in [5.41, 5.74) is 1.47. The molecule has 1 aromatic heterocycles. The van der Waals surface area contributed by atoms with Crippen molar-refractivity contribution in [2.24, 2.45) is 13.0 Å². The predicted molar refractivity (Wildman–Crippen MR) is 90.6 cm³/mol. The molecule has 122 valence electrons. The fraction of sp³-hybridized carbons (Fsp3) is 0.733. The minimum atomic E-state index is 0. The number of nitrogens with zero attached hydrogens (tertiary/aromatic N) is 2. The number of halogens is 2. The minimum Gasteiger partial charge on any atom is -0.381 e. The van der Waals surface area contributed by atoms with Crippen LogP contribution in [-0.4, -0.2) is 48.9 Å². The maximum atomic E-state index is 5.55.